The van der Waals surface area contributed by atoms with Crippen molar-refractivity contribution in [3.05, 3.63) is 0 Å². The molecular weight excluding hydrogens is 248 g/mol. The van der Waals surface area contributed by atoms with E-state index in [0.717, 1.165) is 19.3 Å². The van der Waals surface area contributed by atoms with Gasteiger partial charge in [0.15, 0.2) is 0 Å². The Morgan fingerprint density at radius 2 is 2.16 bits per heavy atom. The molecule has 2 fully saturated rings. The van der Waals surface area contributed by atoms with Gasteiger partial charge in [0, 0.05) is 19.6 Å². The minimum atomic E-state index is -0.950. The zero-order chi connectivity index (χ0) is 13.8. The molecule has 1 saturated heterocycles. The average molecular weight is 270 g/mol. The summed E-state index contributed by atoms with van der Waals surface area (Å²) in [6.45, 7) is 4.04. The lowest BCUT2D eigenvalue weighted by Gasteiger charge is -2.35. The predicted molar refractivity (Wildman–Crippen MR) is 68.9 cm³/mol. The van der Waals surface area contributed by atoms with E-state index in [4.69, 9.17) is 9.84 Å². The van der Waals surface area contributed by atoms with Crippen LogP contribution in [-0.2, 0) is 9.53 Å². The molecule has 0 aromatic rings. The number of urea groups is 1. The van der Waals surface area contributed by atoms with Crippen molar-refractivity contribution in [2.75, 3.05) is 32.8 Å². The Bertz CT molecular complexity index is 344. The van der Waals surface area contributed by atoms with Gasteiger partial charge in [-0.1, -0.05) is 6.92 Å². The van der Waals surface area contributed by atoms with Gasteiger partial charge in [0.2, 0.25) is 0 Å². The fourth-order valence-electron chi connectivity index (χ4n) is 2.33. The van der Waals surface area contributed by atoms with E-state index in [1.165, 1.54) is 4.90 Å². The summed E-state index contributed by atoms with van der Waals surface area (Å²) in [6.07, 6.45) is 3.14. The Hall–Kier alpha value is -1.30. The number of carbonyl (C=O) groups excluding carboxylic acids is 1. The Morgan fingerprint density at radius 3 is 2.74 bits per heavy atom. The van der Waals surface area contributed by atoms with Gasteiger partial charge in [-0.15, -0.1) is 0 Å². The van der Waals surface area contributed by atoms with Crippen molar-refractivity contribution in [3.8, 4) is 0 Å². The zero-order valence-electron chi connectivity index (χ0n) is 11.4. The van der Waals surface area contributed by atoms with Crippen molar-refractivity contribution in [2.24, 2.45) is 5.92 Å². The van der Waals surface area contributed by atoms with E-state index in [-0.39, 0.29) is 18.7 Å². The number of rotatable bonds is 5. The third-order valence-corrected chi connectivity index (χ3v) is 3.64. The first-order valence-electron chi connectivity index (χ1n) is 6.97. The van der Waals surface area contributed by atoms with Crippen LogP contribution in [0.1, 0.15) is 26.2 Å². The van der Waals surface area contributed by atoms with Gasteiger partial charge in [0.05, 0.1) is 12.7 Å². The summed E-state index contributed by atoms with van der Waals surface area (Å²) in [5, 5.41) is 8.93. The summed E-state index contributed by atoms with van der Waals surface area (Å²) >= 11 is 0. The minimum absolute atomic E-state index is 0.0744. The molecule has 1 saturated carbocycles. The lowest BCUT2D eigenvalue weighted by Crippen LogP contribution is -2.52. The molecule has 0 spiro atoms. The van der Waals surface area contributed by atoms with Crippen LogP contribution in [0, 0.1) is 5.92 Å². The molecule has 0 aromatic heterocycles. The summed E-state index contributed by atoms with van der Waals surface area (Å²) in [7, 11) is 0. The summed E-state index contributed by atoms with van der Waals surface area (Å²) in [5.41, 5.74) is 0. The highest BCUT2D eigenvalue weighted by Gasteiger charge is 2.32. The number of ether oxygens (including phenoxy) is 1. The van der Waals surface area contributed by atoms with Crippen LogP contribution < -0.4 is 0 Å². The first-order chi connectivity index (χ1) is 9.10. The summed E-state index contributed by atoms with van der Waals surface area (Å²) in [5.74, 6) is -0.458. The molecule has 1 N–H and O–H groups in total. The van der Waals surface area contributed by atoms with Crippen LogP contribution in [0.4, 0.5) is 4.79 Å². The van der Waals surface area contributed by atoms with Crippen molar-refractivity contribution >= 4 is 12.0 Å². The monoisotopic (exact) mass is 270 g/mol. The number of hydrogen-bond donors (Lipinski definition) is 1. The second-order valence-corrected chi connectivity index (χ2v) is 5.35. The standard InChI is InChI=1S/C13H22N2O4/c1-2-11-8-14(5-6-19-11)13(18)15(9-12(16)17)7-10-3-4-10/h10-11H,2-9H2,1H3,(H,16,17). The molecule has 0 radical (unpaired) electrons. The topological polar surface area (TPSA) is 70.1 Å². The Kier molecular flexibility index (Phi) is 4.63. The number of nitrogens with zero attached hydrogens (tertiary/aromatic N) is 2. The average Bonchev–Trinajstić information content (AvgIpc) is 3.20. The van der Waals surface area contributed by atoms with E-state index < -0.39 is 5.97 Å². The molecule has 0 bridgehead atoms. The molecule has 2 aliphatic rings. The van der Waals surface area contributed by atoms with Gasteiger partial charge in [0.25, 0.3) is 0 Å². The largest absolute Gasteiger partial charge is 0.480 e. The number of carboxylic acid groups (broad SMARTS) is 1. The van der Waals surface area contributed by atoms with Crippen molar-refractivity contribution < 1.29 is 19.4 Å². The molecule has 1 heterocycles. The Labute approximate surface area is 113 Å². The van der Waals surface area contributed by atoms with Crippen LogP contribution >= 0.6 is 0 Å². The van der Waals surface area contributed by atoms with Crippen LogP contribution in [0.25, 0.3) is 0 Å². The predicted octanol–water partition coefficient (Wildman–Crippen LogP) is 1.01. The highest BCUT2D eigenvalue weighted by atomic mass is 16.5. The normalized spacial score (nSPS) is 23.2. The number of morpholine rings is 1. The minimum Gasteiger partial charge on any atom is -0.480 e. The quantitative estimate of drug-likeness (QED) is 0.809. The van der Waals surface area contributed by atoms with E-state index in [0.29, 0.717) is 32.2 Å². The maximum Gasteiger partial charge on any atom is 0.323 e. The van der Waals surface area contributed by atoms with Crippen molar-refractivity contribution in [1.82, 2.24) is 9.80 Å². The SMILES string of the molecule is CCC1CN(C(=O)N(CC(=O)O)CC2CC2)CCO1. The van der Waals surface area contributed by atoms with Crippen LogP contribution in [0.2, 0.25) is 0 Å². The summed E-state index contributed by atoms with van der Waals surface area (Å²) in [6, 6.07) is -0.156. The molecule has 6 heteroatoms. The van der Waals surface area contributed by atoms with Crippen LogP contribution in [0.3, 0.4) is 0 Å². The van der Waals surface area contributed by atoms with Gasteiger partial charge in [-0.2, -0.15) is 0 Å². The number of carboxylic acids is 1. The molecule has 2 amide bonds. The molecule has 1 aliphatic carbocycles. The smallest absolute Gasteiger partial charge is 0.323 e. The third kappa shape index (κ3) is 4.09. The zero-order valence-corrected chi connectivity index (χ0v) is 11.4. The highest BCUT2D eigenvalue weighted by Crippen LogP contribution is 2.30. The van der Waals surface area contributed by atoms with E-state index in [9.17, 15) is 9.59 Å². The van der Waals surface area contributed by atoms with E-state index in [1.807, 2.05) is 6.92 Å². The lowest BCUT2D eigenvalue weighted by molar-refractivity contribution is -0.137. The van der Waals surface area contributed by atoms with E-state index in [2.05, 4.69) is 0 Å². The molecule has 108 valence electrons. The molecule has 6 nitrogen and oxygen atoms in total. The fourth-order valence-corrected chi connectivity index (χ4v) is 2.33. The fraction of sp³-hybridized carbons (Fsp3) is 0.846. The molecule has 1 atom stereocenters. The van der Waals surface area contributed by atoms with Gasteiger partial charge in [-0.3, -0.25) is 4.79 Å². The first-order valence-corrected chi connectivity index (χ1v) is 6.97. The van der Waals surface area contributed by atoms with Crippen LogP contribution in [0.15, 0.2) is 0 Å². The molecule has 1 aliphatic heterocycles. The number of aliphatic carboxylic acids is 1. The van der Waals surface area contributed by atoms with Crippen LogP contribution in [0.5, 0.6) is 0 Å². The first kappa shape index (κ1) is 14.1. The van der Waals surface area contributed by atoms with Gasteiger partial charge in [-0.05, 0) is 25.2 Å². The molecule has 2 rings (SSSR count). The molecular formula is C13H22N2O4. The summed E-state index contributed by atoms with van der Waals surface area (Å²) < 4.78 is 5.53. The van der Waals surface area contributed by atoms with E-state index in [1.54, 1.807) is 4.90 Å². The highest BCUT2D eigenvalue weighted by molar-refractivity contribution is 5.80. The lowest BCUT2D eigenvalue weighted by atomic mass is 10.2. The molecule has 19 heavy (non-hydrogen) atoms. The number of hydrogen-bond acceptors (Lipinski definition) is 3. The van der Waals surface area contributed by atoms with Gasteiger partial charge in [0.1, 0.15) is 6.54 Å². The number of carbonyl (C=O) groups is 2. The van der Waals surface area contributed by atoms with Crippen molar-refractivity contribution in [2.45, 2.75) is 32.3 Å². The van der Waals surface area contributed by atoms with Gasteiger partial charge in [-0.25, -0.2) is 4.79 Å². The van der Waals surface area contributed by atoms with Crippen LogP contribution in [-0.4, -0.2) is 65.8 Å². The second kappa shape index (κ2) is 6.23. The van der Waals surface area contributed by atoms with Crippen molar-refractivity contribution in [1.29, 1.82) is 0 Å². The van der Waals surface area contributed by atoms with Gasteiger partial charge >= 0.3 is 12.0 Å². The maximum atomic E-state index is 12.4. The third-order valence-electron chi connectivity index (χ3n) is 3.64. The summed E-state index contributed by atoms with van der Waals surface area (Å²) in [4.78, 5) is 26.5. The number of amides is 2. The van der Waals surface area contributed by atoms with E-state index >= 15 is 0 Å². The molecule has 0 aromatic carbocycles. The second-order valence-electron chi connectivity index (χ2n) is 5.35. The molecule has 1 unspecified atom stereocenters. The Balaban J connectivity index is 1.94. The Morgan fingerprint density at radius 1 is 1.42 bits per heavy atom. The maximum absolute atomic E-state index is 12.4. The van der Waals surface area contributed by atoms with Crippen molar-refractivity contribution in [3.63, 3.8) is 0 Å². The van der Waals surface area contributed by atoms with Gasteiger partial charge < -0.3 is 19.6 Å².